The van der Waals surface area contributed by atoms with Crippen molar-refractivity contribution in [2.75, 3.05) is 0 Å². The van der Waals surface area contributed by atoms with E-state index < -0.39 is 46.2 Å². The molecule has 134 valence electrons. The minimum atomic E-state index is -1.11. The van der Waals surface area contributed by atoms with Crippen LogP contribution in [-0.2, 0) is 0 Å². The van der Waals surface area contributed by atoms with E-state index in [9.17, 15) is 35.1 Å². The van der Waals surface area contributed by atoms with E-state index in [2.05, 4.69) is 0 Å². The number of hydrogen-bond acceptors (Lipinski definition) is 8. The van der Waals surface area contributed by atoms with Crippen LogP contribution in [0, 0.1) is 0 Å². The van der Waals surface area contributed by atoms with Gasteiger partial charge in [-0.1, -0.05) is 13.8 Å². The third-order valence-corrected chi connectivity index (χ3v) is 2.97. The maximum Gasteiger partial charge on any atom is 0.343 e. The number of carbonyl (C=O) groups excluding carboxylic acids is 2. The number of esters is 1. The Morgan fingerprint density at radius 3 is 1.68 bits per heavy atom. The molecule has 0 aliphatic rings. The molecule has 0 unspecified atom stereocenters. The minimum absolute atomic E-state index is 0.000462. The molecule has 0 fully saturated rings. The summed E-state index contributed by atoms with van der Waals surface area (Å²) in [7, 11) is 0. The lowest BCUT2D eigenvalue weighted by molar-refractivity contribution is 0.0727. The fourth-order valence-electron chi connectivity index (χ4n) is 1.76. The van der Waals surface area contributed by atoms with Crippen LogP contribution in [0.5, 0.6) is 34.5 Å². The standard InChI is InChI=1S/C15H12O8.C2H6/c1-6(16)7-2-11(19)14(21)12(5-7)23-15(22)8-3-9(17)13(20)10(18)4-8;1-2/h2-5,17-21H,1H3;1-2H3. The van der Waals surface area contributed by atoms with Gasteiger partial charge in [-0.05, 0) is 31.2 Å². The third kappa shape index (κ3) is 4.31. The zero-order valence-corrected chi connectivity index (χ0v) is 13.8. The van der Waals surface area contributed by atoms with Crippen LogP contribution >= 0.6 is 0 Å². The molecular weight excluding hydrogens is 332 g/mol. The predicted octanol–water partition coefficient (Wildman–Crippen LogP) is 2.66. The second-order valence-corrected chi connectivity index (χ2v) is 4.65. The molecule has 2 aromatic rings. The van der Waals surface area contributed by atoms with Crippen molar-refractivity contribution >= 4 is 11.8 Å². The zero-order chi connectivity index (χ0) is 19.3. The lowest BCUT2D eigenvalue weighted by atomic mass is 10.1. The smallest absolute Gasteiger partial charge is 0.343 e. The van der Waals surface area contributed by atoms with E-state index in [4.69, 9.17) is 4.74 Å². The molecule has 0 atom stereocenters. The molecule has 0 aliphatic heterocycles. The summed E-state index contributed by atoms with van der Waals surface area (Å²) in [6.45, 7) is 5.22. The van der Waals surface area contributed by atoms with E-state index in [1.807, 2.05) is 13.8 Å². The number of phenolic OH excluding ortho intramolecular Hbond substituents is 5. The number of rotatable bonds is 3. The molecule has 25 heavy (non-hydrogen) atoms. The first-order valence-electron chi connectivity index (χ1n) is 7.24. The molecule has 0 bridgehead atoms. The van der Waals surface area contributed by atoms with Crippen molar-refractivity contribution in [1.82, 2.24) is 0 Å². The van der Waals surface area contributed by atoms with Crippen molar-refractivity contribution in [3.05, 3.63) is 35.4 Å². The van der Waals surface area contributed by atoms with Gasteiger partial charge < -0.3 is 30.3 Å². The predicted molar refractivity (Wildman–Crippen MR) is 87.5 cm³/mol. The van der Waals surface area contributed by atoms with Crippen molar-refractivity contribution in [2.45, 2.75) is 20.8 Å². The van der Waals surface area contributed by atoms with Crippen molar-refractivity contribution in [3.8, 4) is 34.5 Å². The number of carbonyl (C=O) groups is 2. The molecule has 5 N–H and O–H groups in total. The lowest BCUT2D eigenvalue weighted by Gasteiger charge is -2.10. The first-order valence-corrected chi connectivity index (χ1v) is 7.24. The highest BCUT2D eigenvalue weighted by molar-refractivity contribution is 5.96. The summed E-state index contributed by atoms with van der Waals surface area (Å²) >= 11 is 0. The molecule has 0 heterocycles. The van der Waals surface area contributed by atoms with Crippen LogP contribution in [0.15, 0.2) is 24.3 Å². The van der Waals surface area contributed by atoms with Gasteiger partial charge in [-0.3, -0.25) is 4.79 Å². The number of ether oxygens (including phenoxy) is 1. The second kappa shape index (κ2) is 7.91. The first-order chi connectivity index (χ1) is 11.7. The van der Waals surface area contributed by atoms with Gasteiger partial charge in [-0.25, -0.2) is 4.79 Å². The molecule has 0 aromatic heterocycles. The van der Waals surface area contributed by atoms with Crippen molar-refractivity contribution in [1.29, 1.82) is 0 Å². The van der Waals surface area contributed by atoms with Gasteiger partial charge in [0, 0.05) is 5.56 Å². The van der Waals surface area contributed by atoms with Gasteiger partial charge in [0.1, 0.15) is 0 Å². The second-order valence-electron chi connectivity index (χ2n) is 4.65. The Kier molecular flexibility index (Phi) is 6.21. The summed E-state index contributed by atoms with van der Waals surface area (Å²) in [5, 5.41) is 47.1. The van der Waals surface area contributed by atoms with Gasteiger partial charge in [-0.2, -0.15) is 0 Å². The number of benzene rings is 2. The van der Waals surface area contributed by atoms with Crippen molar-refractivity contribution < 1.29 is 39.9 Å². The van der Waals surface area contributed by atoms with E-state index in [0.717, 1.165) is 24.3 Å². The highest BCUT2D eigenvalue weighted by Gasteiger charge is 2.19. The third-order valence-electron chi connectivity index (χ3n) is 2.97. The topological polar surface area (TPSA) is 145 Å². The van der Waals surface area contributed by atoms with Crippen LogP contribution < -0.4 is 4.74 Å². The Morgan fingerprint density at radius 2 is 1.20 bits per heavy atom. The SMILES string of the molecule is CC.CC(=O)c1cc(O)c(O)c(OC(=O)c2cc(O)c(O)c(O)c2)c1. The summed E-state index contributed by atoms with van der Waals surface area (Å²) in [5.41, 5.74) is -0.329. The van der Waals surface area contributed by atoms with Gasteiger partial charge in [0.25, 0.3) is 0 Å². The molecule has 0 spiro atoms. The summed E-state index contributed by atoms with van der Waals surface area (Å²) in [4.78, 5) is 23.3. The molecule has 0 amide bonds. The van der Waals surface area contributed by atoms with E-state index in [1.165, 1.54) is 6.92 Å². The van der Waals surface area contributed by atoms with Crippen LogP contribution in [0.2, 0.25) is 0 Å². The van der Waals surface area contributed by atoms with E-state index in [1.54, 1.807) is 0 Å². The largest absolute Gasteiger partial charge is 0.504 e. The van der Waals surface area contributed by atoms with Crippen LogP contribution in [0.1, 0.15) is 41.5 Å². The molecule has 0 saturated carbocycles. The van der Waals surface area contributed by atoms with Gasteiger partial charge in [0.2, 0.25) is 5.75 Å². The van der Waals surface area contributed by atoms with Crippen molar-refractivity contribution in [3.63, 3.8) is 0 Å². The first kappa shape index (κ1) is 19.6. The summed E-state index contributed by atoms with van der Waals surface area (Å²) in [6, 6.07) is 3.73. The number of phenols is 5. The maximum atomic E-state index is 12.0. The van der Waals surface area contributed by atoms with Crippen LogP contribution in [0.4, 0.5) is 0 Å². The average Bonchev–Trinajstić information content (AvgIpc) is 2.57. The Hall–Kier alpha value is -3.42. The number of Topliss-reactive ketones (excluding diaryl/α,β-unsaturated/α-hetero) is 1. The molecule has 2 aromatic carbocycles. The van der Waals surface area contributed by atoms with Gasteiger partial charge >= 0.3 is 5.97 Å². The average molecular weight is 350 g/mol. The molecule has 0 aliphatic carbocycles. The number of ketones is 1. The summed E-state index contributed by atoms with van der Waals surface area (Å²) in [6.07, 6.45) is 0. The Balaban J connectivity index is 0.00000151. The monoisotopic (exact) mass is 350 g/mol. The Labute approximate surface area is 143 Å². The number of hydrogen-bond donors (Lipinski definition) is 5. The van der Waals surface area contributed by atoms with Gasteiger partial charge in [0.05, 0.1) is 5.56 Å². The van der Waals surface area contributed by atoms with Crippen molar-refractivity contribution in [2.24, 2.45) is 0 Å². The van der Waals surface area contributed by atoms with Gasteiger partial charge in [-0.15, -0.1) is 0 Å². The number of aromatic hydroxyl groups is 5. The molecule has 0 saturated heterocycles. The summed E-state index contributed by atoms with van der Waals surface area (Å²) in [5.74, 6) is -5.73. The van der Waals surface area contributed by atoms with E-state index >= 15 is 0 Å². The van der Waals surface area contributed by atoms with Crippen LogP contribution in [0.3, 0.4) is 0 Å². The fourth-order valence-corrected chi connectivity index (χ4v) is 1.76. The molecule has 0 radical (unpaired) electrons. The summed E-state index contributed by atoms with van der Waals surface area (Å²) < 4.78 is 4.85. The highest BCUT2D eigenvalue weighted by Crippen LogP contribution is 2.38. The van der Waals surface area contributed by atoms with E-state index in [0.29, 0.717) is 0 Å². The van der Waals surface area contributed by atoms with Crippen LogP contribution in [0.25, 0.3) is 0 Å². The molecule has 2 rings (SSSR count). The quantitative estimate of drug-likeness (QED) is 0.246. The van der Waals surface area contributed by atoms with E-state index in [-0.39, 0.29) is 11.1 Å². The molecule has 8 heteroatoms. The lowest BCUT2D eigenvalue weighted by Crippen LogP contribution is -2.09. The Bertz CT molecular complexity index is 788. The molecular formula is C17H18O8. The van der Waals surface area contributed by atoms with Crippen LogP contribution in [-0.4, -0.2) is 37.3 Å². The maximum absolute atomic E-state index is 12.0. The zero-order valence-electron chi connectivity index (χ0n) is 13.8. The Morgan fingerprint density at radius 1 is 0.760 bits per heavy atom. The van der Waals surface area contributed by atoms with Gasteiger partial charge in [0.15, 0.2) is 34.5 Å². The highest BCUT2D eigenvalue weighted by atomic mass is 16.5. The normalized spacial score (nSPS) is 9.72. The minimum Gasteiger partial charge on any atom is -0.504 e. The fraction of sp³-hybridized carbons (Fsp3) is 0.176. The molecule has 8 nitrogen and oxygen atoms in total.